The lowest BCUT2D eigenvalue weighted by Crippen LogP contribution is -2.32. The Kier molecular flexibility index (Phi) is 5.45. The zero-order chi connectivity index (χ0) is 16.1. The number of halogens is 1. The lowest BCUT2D eigenvalue weighted by atomic mass is 9.99. The highest BCUT2D eigenvalue weighted by molar-refractivity contribution is 6.30. The number of anilines is 1. The summed E-state index contributed by atoms with van der Waals surface area (Å²) in [4.78, 5) is 12.1. The van der Waals surface area contributed by atoms with Crippen LogP contribution in [0.4, 0.5) is 10.5 Å². The Morgan fingerprint density at radius 3 is 2.36 bits per heavy atom. The molecule has 0 heterocycles. The van der Waals surface area contributed by atoms with Crippen molar-refractivity contribution in [2.24, 2.45) is 0 Å². The molecule has 2 aromatic rings. The van der Waals surface area contributed by atoms with Crippen LogP contribution in [0.3, 0.4) is 0 Å². The van der Waals surface area contributed by atoms with Crippen LogP contribution in [0.25, 0.3) is 0 Å². The van der Waals surface area contributed by atoms with E-state index in [4.69, 9.17) is 11.6 Å². The van der Waals surface area contributed by atoms with Crippen LogP contribution in [0.15, 0.2) is 42.5 Å². The molecule has 0 radical (unpaired) electrons. The van der Waals surface area contributed by atoms with Crippen LogP contribution < -0.4 is 10.6 Å². The number of aryl methyl sites for hydroxylation is 2. The SMILES string of the molecule is CCC(NC(=O)Nc1ccc(Cl)cc1)c1ccc(C)c(C)c1. The number of rotatable bonds is 4. The van der Waals surface area contributed by atoms with Crippen molar-refractivity contribution in [3.05, 3.63) is 64.2 Å². The fourth-order valence-corrected chi connectivity index (χ4v) is 2.39. The van der Waals surface area contributed by atoms with E-state index in [0.29, 0.717) is 5.02 Å². The molecule has 0 saturated heterocycles. The van der Waals surface area contributed by atoms with Gasteiger partial charge in [0, 0.05) is 10.7 Å². The maximum absolute atomic E-state index is 12.1. The zero-order valence-corrected chi connectivity index (χ0v) is 13.9. The first kappa shape index (κ1) is 16.4. The molecule has 0 aliphatic carbocycles. The Hall–Kier alpha value is -2.00. The number of nitrogens with one attached hydrogen (secondary N) is 2. The van der Waals surface area contributed by atoms with Gasteiger partial charge in [0.25, 0.3) is 0 Å². The van der Waals surface area contributed by atoms with Crippen molar-refractivity contribution in [2.45, 2.75) is 33.2 Å². The van der Waals surface area contributed by atoms with Gasteiger partial charge >= 0.3 is 6.03 Å². The van der Waals surface area contributed by atoms with Crippen molar-refractivity contribution in [3.63, 3.8) is 0 Å². The summed E-state index contributed by atoms with van der Waals surface area (Å²) in [6.45, 7) is 6.22. The van der Waals surface area contributed by atoms with Crippen molar-refractivity contribution in [1.29, 1.82) is 0 Å². The van der Waals surface area contributed by atoms with Gasteiger partial charge < -0.3 is 10.6 Å². The molecule has 116 valence electrons. The lowest BCUT2D eigenvalue weighted by Gasteiger charge is -2.19. The van der Waals surface area contributed by atoms with Crippen LogP contribution in [-0.4, -0.2) is 6.03 Å². The Bertz CT molecular complexity index is 653. The van der Waals surface area contributed by atoms with Gasteiger partial charge in [-0.25, -0.2) is 4.79 Å². The number of carbonyl (C=O) groups is 1. The molecule has 22 heavy (non-hydrogen) atoms. The second kappa shape index (κ2) is 7.32. The van der Waals surface area contributed by atoms with Crippen LogP contribution >= 0.6 is 11.6 Å². The van der Waals surface area contributed by atoms with E-state index < -0.39 is 0 Å². The molecule has 4 heteroatoms. The monoisotopic (exact) mass is 316 g/mol. The highest BCUT2D eigenvalue weighted by Gasteiger charge is 2.13. The molecular formula is C18H21ClN2O. The average molecular weight is 317 g/mol. The highest BCUT2D eigenvalue weighted by Crippen LogP contribution is 2.20. The van der Waals surface area contributed by atoms with E-state index in [-0.39, 0.29) is 12.1 Å². The van der Waals surface area contributed by atoms with Gasteiger partial charge in [-0.3, -0.25) is 0 Å². The second-order valence-corrected chi connectivity index (χ2v) is 5.85. The number of benzene rings is 2. The predicted octanol–water partition coefficient (Wildman–Crippen LogP) is 5.23. The maximum Gasteiger partial charge on any atom is 0.319 e. The molecular weight excluding hydrogens is 296 g/mol. The Morgan fingerprint density at radius 2 is 1.77 bits per heavy atom. The van der Waals surface area contributed by atoms with Crippen LogP contribution in [0, 0.1) is 13.8 Å². The molecule has 1 atom stereocenters. The van der Waals surface area contributed by atoms with Crippen LogP contribution in [0.2, 0.25) is 5.02 Å². The molecule has 2 amide bonds. The van der Waals surface area contributed by atoms with E-state index in [9.17, 15) is 4.79 Å². The van der Waals surface area contributed by atoms with Gasteiger partial charge in [-0.05, 0) is 61.2 Å². The minimum atomic E-state index is -0.215. The van der Waals surface area contributed by atoms with Crippen LogP contribution in [-0.2, 0) is 0 Å². The third-order valence-corrected chi connectivity index (χ3v) is 4.00. The molecule has 3 nitrogen and oxygen atoms in total. The Balaban J connectivity index is 2.04. The number of carbonyl (C=O) groups excluding carboxylic acids is 1. The average Bonchev–Trinajstić information content (AvgIpc) is 2.50. The zero-order valence-electron chi connectivity index (χ0n) is 13.1. The molecule has 0 aromatic heterocycles. The van der Waals surface area contributed by atoms with Gasteiger partial charge in [0.05, 0.1) is 6.04 Å². The maximum atomic E-state index is 12.1. The Labute approximate surface area is 136 Å². The van der Waals surface area contributed by atoms with Gasteiger partial charge in [-0.2, -0.15) is 0 Å². The van der Waals surface area contributed by atoms with Gasteiger partial charge in [0.1, 0.15) is 0 Å². The fourth-order valence-electron chi connectivity index (χ4n) is 2.26. The van der Waals surface area contributed by atoms with Crippen molar-refractivity contribution in [1.82, 2.24) is 5.32 Å². The van der Waals surface area contributed by atoms with Gasteiger partial charge in [0.15, 0.2) is 0 Å². The van der Waals surface area contributed by atoms with Crippen LogP contribution in [0.1, 0.15) is 36.1 Å². The molecule has 2 rings (SSSR count). The van der Waals surface area contributed by atoms with Crippen molar-refractivity contribution in [2.75, 3.05) is 5.32 Å². The molecule has 0 aliphatic heterocycles. The van der Waals surface area contributed by atoms with E-state index in [2.05, 4.69) is 49.6 Å². The summed E-state index contributed by atoms with van der Waals surface area (Å²) in [5.74, 6) is 0. The molecule has 2 aromatic carbocycles. The van der Waals surface area contributed by atoms with Gasteiger partial charge in [0.2, 0.25) is 0 Å². The summed E-state index contributed by atoms with van der Waals surface area (Å²) in [5.41, 5.74) is 4.33. The second-order valence-electron chi connectivity index (χ2n) is 5.41. The molecule has 1 unspecified atom stereocenters. The number of hydrogen-bond acceptors (Lipinski definition) is 1. The smallest absolute Gasteiger partial charge is 0.319 e. The Morgan fingerprint density at radius 1 is 1.09 bits per heavy atom. The van der Waals surface area contributed by atoms with Gasteiger partial charge in [-0.1, -0.05) is 36.7 Å². The first-order chi connectivity index (χ1) is 10.5. The number of amides is 2. The summed E-state index contributed by atoms with van der Waals surface area (Å²) < 4.78 is 0. The van der Waals surface area contributed by atoms with E-state index in [1.807, 2.05) is 0 Å². The van der Waals surface area contributed by atoms with Crippen molar-refractivity contribution >= 4 is 23.3 Å². The molecule has 2 N–H and O–H groups in total. The lowest BCUT2D eigenvalue weighted by molar-refractivity contribution is 0.248. The van der Waals surface area contributed by atoms with E-state index in [0.717, 1.165) is 17.7 Å². The summed E-state index contributed by atoms with van der Waals surface area (Å²) in [7, 11) is 0. The largest absolute Gasteiger partial charge is 0.331 e. The molecule has 0 saturated carbocycles. The topological polar surface area (TPSA) is 41.1 Å². The molecule has 0 spiro atoms. The summed E-state index contributed by atoms with van der Waals surface area (Å²) in [6.07, 6.45) is 0.830. The van der Waals surface area contributed by atoms with E-state index >= 15 is 0 Å². The minimum absolute atomic E-state index is 0.00778. The third kappa shape index (κ3) is 4.25. The standard InChI is InChI=1S/C18H21ClN2O/c1-4-17(14-6-5-12(2)13(3)11-14)21-18(22)20-16-9-7-15(19)8-10-16/h5-11,17H,4H2,1-3H3,(H2,20,21,22). The van der Waals surface area contributed by atoms with Crippen molar-refractivity contribution < 1.29 is 4.79 Å². The minimum Gasteiger partial charge on any atom is -0.331 e. The highest BCUT2D eigenvalue weighted by atomic mass is 35.5. The number of hydrogen-bond donors (Lipinski definition) is 2. The summed E-state index contributed by atoms with van der Waals surface area (Å²) in [6, 6.07) is 13.1. The van der Waals surface area contributed by atoms with Crippen LogP contribution in [0.5, 0.6) is 0 Å². The molecule has 0 aliphatic rings. The molecule has 0 fully saturated rings. The van der Waals surface area contributed by atoms with Gasteiger partial charge in [-0.15, -0.1) is 0 Å². The first-order valence-corrected chi connectivity index (χ1v) is 7.77. The van der Waals surface area contributed by atoms with E-state index in [1.165, 1.54) is 11.1 Å². The third-order valence-electron chi connectivity index (χ3n) is 3.75. The van der Waals surface area contributed by atoms with E-state index in [1.54, 1.807) is 24.3 Å². The fraction of sp³-hybridized carbons (Fsp3) is 0.278. The summed E-state index contributed by atoms with van der Waals surface area (Å²) >= 11 is 5.83. The molecule has 0 bridgehead atoms. The summed E-state index contributed by atoms with van der Waals surface area (Å²) in [5, 5.41) is 6.48. The predicted molar refractivity (Wildman–Crippen MR) is 92.6 cm³/mol. The number of urea groups is 1. The van der Waals surface area contributed by atoms with Crippen molar-refractivity contribution in [3.8, 4) is 0 Å². The quantitative estimate of drug-likeness (QED) is 0.796. The normalized spacial score (nSPS) is 11.8. The first-order valence-electron chi connectivity index (χ1n) is 7.40.